The van der Waals surface area contributed by atoms with Gasteiger partial charge < -0.3 is 22.5 Å². The Morgan fingerprint density at radius 2 is 0.492 bits per heavy atom. The average Bonchev–Trinajstić information content (AvgIpc) is 1.50. The average molecular weight is 1500 g/mol. The summed E-state index contributed by atoms with van der Waals surface area (Å²) in [6.45, 7) is 0. The summed E-state index contributed by atoms with van der Waals surface area (Å²) in [5.74, 6) is 1.83. The largest absolute Gasteiger partial charge is 0.456 e. The van der Waals surface area contributed by atoms with Gasteiger partial charge in [-0.25, -0.2) is 4.98 Å². The molecule has 0 unspecified atom stereocenters. The Bertz CT molecular complexity index is 8760. The molecule has 118 heavy (non-hydrogen) atoms. The highest BCUT2D eigenvalue weighted by Gasteiger charge is 2.30. The fraction of sp³-hybridized carbons (Fsp3) is 0. The number of fused-ring (bicyclic) bond motifs is 37. The molecule has 0 aliphatic carbocycles. The molecule has 20 aromatic carbocycles. The van der Waals surface area contributed by atoms with Crippen LogP contribution in [-0.4, -0.2) is 33.2 Å². The Morgan fingerprint density at radius 1 is 0.178 bits per heavy atom. The van der Waals surface area contributed by atoms with E-state index in [0.29, 0.717) is 17.6 Å². The molecule has 0 spiro atoms. The fourth-order valence-corrected chi connectivity index (χ4v) is 20.1. The summed E-state index contributed by atoms with van der Waals surface area (Å²) in [6, 6.07) is 137. The van der Waals surface area contributed by atoms with Crippen molar-refractivity contribution in [2.45, 2.75) is 0 Å². The molecule has 27 rings (SSSR count). The molecule has 0 atom stereocenters. The lowest BCUT2D eigenvalue weighted by molar-refractivity contribution is 0.668. The molecule has 0 saturated carbocycles. The lowest BCUT2D eigenvalue weighted by Gasteiger charge is -2.16. The zero-order chi connectivity index (χ0) is 77.0. The van der Waals surface area contributed by atoms with Gasteiger partial charge in [-0.15, -0.1) is 0 Å². The Kier molecular flexibility index (Phi) is 13.5. The first-order valence-electron chi connectivity index (χ1n) is 40.2. The molecular formula is C109H63N7O2. The predicted octanol–water partition coefficient (Wildman–Crippen LogP) is 29.2. The first-order chi connectivity index (χ1) is 58.6. The van der Waals surface area contributed by atoms with Crippen LogP contribution in [0.4, 0.5) is 0 Å². The van der Waals surface area contributed by atoms with E-state index in [-0.39, 0.29) is 0 Å². The van der Waals surface area contributed by atoms with Crippen molar-refractivity contribution < 1.29 is 8.83 Å². The highest BCUT2D eigenvalue weighted by Crippen LogP contribution is 2.54. The normalized spacial score (nSPS) is 12.2. The third-order valence-electron chi connectivity index (χ3n) is 24.9. The molecule has 9 heteroatoms. The van der Waals surface area contributed by atoms with Crippen molar-refractivity contribution in [3.05, 3.63) is 382 Å². The smallest absolute Gasteiger partial charge is 0.238 e. The van der Waals surface area contributed by atoms with Crippen molar-refractivity contribution in [1.82, 2.24) is 33.2 Å². The van der Waals surface area contributed by atoms with E-state index in [0.717, 1.165) is 110 Å². The number of benzene rings is 20. The number of rotatable bonds is 6. The molecule has 0 aliphatic heterocycles. The van der Waals surface area contributed by atoms with Crippen LogP contribution in [0.5, 0.6) is 0 Å². The van der Waals surface area contributed by atoms with Crippen LogP contribution in [0.15, 0.2) is 391 Å². The standard InChI is InChI=1S/C55H33N5.C54H30N2O2/c1-3-18-35(19-4-1)53-56-54(37-32-31-34-17-7-8-20-36(34)33-37)58-55(57-53)60-46-30-16-14-28-44(46)50-48-39-23-9-11-25-41(39)51-49(47(48)40-24-10-12-26-42(40)52(50)60)43-27-13-15-29-45(43)59(51)38-21-5-2-6-22-38;1-3-17-39-37(15-1)49-50(52-42-20-6-10-22-44(42)55(53(39)52)31-25-27-35-33-13-7-11-23-45(33)57-47(35)29-31)38-16-2-4-18-40(38)54-51(49)41-19-5-9-21-43(41)56(54)32-26-28-36-34-14-8-12-24-46(34)58-48(36)30-32/h1-33H;1-30H. The van der Waals surface area contributed by atoms with E-state index in [2.05, 4.69) is 370 Å². The van der Waals surface area contributed by atoms with Crippen LogP contribution in [0.2, 0.25) is 0 Å². The molecule has 7 heterocycles. The molecule has 546 valence electrons. The molecule has 7 aromatic heterocycles. The Labute approximate surface area is 672 Å². The maximum absolute atomic E-state index is 6.48. The predicted molar refractivity (Wildman–Crippen MR) is 492 cm³/mol. The third-order valence-corrected chi connectivity index (χ3v) is 24.9. The molecule has 0 fully saturated rings. The van der Waals surface area contributed by atoms with Crippen LogP contribution in [-0.2, 0) is 0 Å². The van der Waals surface area contributed by atoms with E-state index < -0.39 is 0 Å². The maximum Gasteiger partial charge on any atom is 0.238 e. The minimum Gasteiger partial charge on any atom is -0.456 e. The van der Waals surface area contributed by atoms with Gasteiger partial charge in [0, 0.05) is 148 Å². The minimum atomic E-state index is 0.578. The molecule has 0 bridgehead atoms. The van der Waals surface area contributed by atoms with Gasteiger partial charge in [0.2, 0.25) is 5.95 Å². The van der Waals surface area contributed by atoms with Crippen molar-refractivity contribution in [2.24, 2.45) is 0 Å². The molecule has 0 aliphatic rings. The second-order valence-electron chi connectivity index (χ2n) is 31.1. The van der Waals surface area contributed by atoms with E-state index in [9.17, 15) is 0 Å². The Morgan fingerprint density at radius 3 is 0.924 bits per heavy atom. The van der Waals surface area contributed by atoms with Crippen molar-refractivity contribution in [3.8, 4) is 45.8 Å². The summed E-state index contributed by atoms with van der Waals surface area (Å²) in [7, 11) is 0. The summed E-state index contributed by atoms with van der Waals surface area (Å²) in [4.78, 5) is 15.9. The van der Waals surface area contributed by atoms with Gasteiger partial charge in [-0.3, -0.25) is 4.57 Å². The maximum atomic E-state index is 6.48. The lowest BCUT2D eigenvalue weighted by atomic mass is 9.89. The summed E-state index contributed by atoms with van der Waals surface area (Å²) >= 11 is 0. The monoisotopic (exact) mass is 1500 g/mol. The molecule has 27 aromatic rings. The Hall–Kier alpha value is -16.0. The van der Waals surface area contributed by atoms with E-state index >= 15 is 0 Å². The summed E-state index contributed by atoms with van der Waals surface area (Å²) in [6.07, 6.45) is 0. The van der Waals surface area contributed by atoms with E-state index in [1.807, 2.05) is 30.3 Å². The third kappa shape index (κ3) is 9.12. The van der Waals surface area contributed by atoms with Gasteiger partial charge in [0.25, 0.3) is 0 Å². The van der Waals surface area contributed by atoms with E-state index in [4.69, 9.17) is 23.8 Å². The van der Waals surface area contributed by atoms with Crippen LogP contribution in [0.1, 0.15) is 0 Å². The molecule has 0 radical (unpaired) electrons. The number of nitrogens with zero attached hydrogens (tertiary/aromatic N) is 7. The van der Waals surface area contributed by atoms with Gasteiger partial charge in [-0.05, 0) is 111 Å². The van der Waals surface area contributed by atoms with E-state index in [1.54, 1.807) is 0 Å². The molecule has 9 nitrogen and oxygen atoms in total. The molecule has 0 saturated heterocycles. The van der Waals surface area contributed by atoms with Gasteiger partial charge in [-0.1, -0.05) is 291 Å². The van der Waals surface area contributed by atoms with Crippen LogP contribution in [0, 0.1) is 0 Å². The number of hydrogen-bond acceptors (Lipinski definition) is 5. The van der Waals surface area contributed by atoms with Crippen LogP contribution < -0.4 is 0 Å². The highest BCUT2D eigenvalue weighted by molar-refractivity contribution is 6.47. The van der Waals surface area contributed by atoms with Gasteiger partial charge in [0.05, 0.1) is 44.1 Å². The number of furan rings is 2. The molecular weight excluding hydrogens is 1440 g/mol. The minimum absolute atomic E-state index is 0.578. The summed E-state index contributed by atoms with van der Waals surface area (Å²) < 4.78 is 22.6. The van der Waals surface area contributed by atoms with Crippen molar-refractivity contribution in [3.63, 3.8) is 0 Å². The summed E-state index contributed by atoms with van der Waals surface area (Å²) in [5.41, 5.74) is 18.0. The first kappa shape index (κ1) is 64.5. The van der Waals surface area contributed by atoms with Gasteiger partial charge >= 0.3 is 0 Å². The van der Waals surface area contributed by atoms with Crippen LogP contribution >= 0.6 is 0 Å². The van der Waals surface area contributed by atoms with E-state index in [1.165, 1.54) is 124 Å². The lowest BCUT2D eigenvalue weighted by Crippen LogP contribution is -2.06. The second kappa shape index (κ2) is 24.8. The van der Waals surface area contributed by atoms with Crippen molar-refractivity contribution >= 4 is 207 Å². The number of para-hydroxylation sites is 7. The van der Waals surface area contributed by atoms with Crippen molar-refractivity contribution in [2.75, 3.05) is 0 Å². The van der Waals surface area contributed by atoms with Crippen LogP contribution in [0.3, 0.4) is 0 Å². The van der Waals surface area contributed by atoms with Gasteiger partial charge in [0.1, 0.15) is 22.3 Å². The SMILES string of the molecule is c1ccc(-c2nc(-c3ccc4ccccc4c3)nc(-n3c4ccccc4c4c5c6ccccc6c6c(c7ccccc7n6-c6ccccc6)c5c5ccccc5c43)n2)cc1.c1ccc2c(c1)oc1cc(-n3c4ccccc4c4c5c6ccccc6c6c(c7ccccc7n6-c6ccc7c(c6)oc6ccccc67)c5c5ccccc5c43)ccc12. The van der Waals surface area contributed by atoms with Gasteiger partial charge in [0.15, 0.2) is 11.6 Å². The molecule has 0 N–H and O–H groups in total. The van der Waals surface area contributed by atoms with Crippen LogP contribution in [0.25, 0.3) is 252 Å². The quantitative estimate of drug-likeness (QED) is 0.155. The zero-order valence-corrected chi connectivity index (χ0v) is 63.3. The first-order valence-corrected chi connectivity index (χ1v) is 40.2. The van der Waals surface area contributed by atoms with Crippen molar-refractivity contribution in [1.29, 1.82) is 0 Å². The number of aromatic nitrogens is 7. The highest BCUT2D eigenvalue weighted by atomic mass is 16.3. The number of hydrogen-bond donors (Lipinski definition) is 0. The molecule has 0 amide bonds. The second-order valence-corrected chi connectivity index (χ2v) is 31.1. The van der Waals surface area contributed by atoms with Gasteiger partial charge in [-0.2, -0.15) is 9.97 Å². The topological polar surface area (TPSA) is 84.7 Å². The Balaban J connectivity index is 0.000000128. The zero-order valence-electron chi connectivity index (χ0n) is 63.3. The fourth-order valence-electron chi connectivity index (χ4n) is 20.1. The summed E-state index contributed by atoms with van der Waals surface area (Å²) in [5, 5.41) is 31.2.